The summed E-state index contributed by atoms with van der Waals surface area (Å²) >= 11 is 0. The van der Waals surface area contributed by atoms with Crippen LogP contribution < -0.4 is 5.32 Å². The predicted octanol–water partition coefficient (Wildman–Crippen LogP) is 2.72. The molecular weight excluding hydrogens is 202 g/mol. The van der Waals surface area contributed by atoms with E-state index in [-0.39, 0.29) is 5.60 Å². The summed E-state index contributed by atoms with van der Waals surface area (Å²) in [6, 6.07) is 4.48. The predicted molar refractivity (Wildman–Crippen MR) is 63.2 cm³/mol. The first-order chi connectivity index (χ1) is 7.72. The molecule has 2 atom stereocenters. The molecule has 1 aromatic rings. The van der Waals surface area contributed by atoms with E-state index < -0.39 is 0 Å². The van der Waals surface area contributed by atoms with Crippen LogP contribution in [-0.4, -0.2) is 18.2 Å². The zero-order chi connectivity index (χ0) is 11.4. The molecule has 1 saturated heterocycles. The normalized spacial score (nSPS) is 30.5. The largest absolute Gasteiger partial charge is 0.468 e. The van der Waals surface area contributed by atoms with E-state index in [0.717, 1.165) is 38.2 Å². The molecule has 2 unspecified atom stereocenters. The molecule has 1 fully saturated rings. The van der Waals surface area contributed by atoms with Gasteiger partial charge in [0.15, 0.2) is 0 Å². The highest BCUT2D eigenvalue weighted by Gasteiger charge is 2.31. The number of ether oxygens (including phenoxy) is 1. The van der Waals surface area contributed by atoms with Gasteiger partial charge in [-0.05, 0) is 38.3 Å². The van der Waals surface area contributed by atoms with E-state index in [9.17, 15) is 0 Å². The maximum absolute atomic E-state index is 5.82. The molecule has 3 nitrogen and oxygen atoms in total. The lowest BCUT2D eigenvalue weighted by molar-refractivity contribution is -0.0782. The van der Waals surface area contributed by atoms with Crippen molar-refractivity contribution < 1.29 is 9.15 Å². The van der Waals surface area contributed by atoms with Gasteiger partial charge in [-0.1, -0.05) is 6.92 Å². The van der Waals surface area contributed by atoms with E-state index in [1.54, 1.807) is 6.26 Å². The number of furan rings is 1. The average Bonchev–Trinajstić information content (AvgIpc) is 2.80. The Morgan fingerprint density at radius 1 is 1.56 bits per heavy atom. The van der Waals surface area contributed by atoms with E-state index in [1.165, 1.54) is 0 Å². The summed E-state index contributed by atoms with van der Waals surface area (Å²) in [6.07, 6.45) is 4.98. The first-order valence-electron chi connectivity index (χ1n) is 6.11. The third kappa shape index (κ3) is 2.86. The Morgan fingerprint density at radius 2 is 2.44 bits per heavy atom. The second kappa shape index (κ2) is 5.02. The van der Waals surface area contributed by atoms with Crippen molar-refractivity contribution in [3.63, 3.8) is 0 Å². The van der Waals surface area contributed by atoms with Gasteiger partial charge in [-0.3, -0.25) is 0 Å². The molecule has 2 rings (SSSR count). The number of hydrogen-bond acceptors (Lipinski definition) is 3. The van der Waals surface area contributed by atoms with E-state index in [0.29, 0.717) is 6.04 Å². The van der Waals surface area contributed by atoms with Crippen molar-refractivity contribution >= 4 is 0 Å². The van der Waals surface area contributed by atoms with Gasteiger partial charge in [-0.2, -0.15) is 0 Å². The van der Waals surface area contributed by atoms with Crippen molar-refractivity contribution in [2.24, 2.45) is 0 Å². The van der Waals surface area contributed by atoms with Crippen molar-refractivity contribution in [1.82, 2.24) is 5.32 Å². The smallest absolute Gasteiger partial charge is 0.117 e. The summed E-state index contributed by atoms with van der Waals surface area (Å²) < 4.78 is 11.1. The van der Waals surface area contributed by atoms with Gasteiger partial charge >= 0.3 is 0 Å². The van der Waals surface area contributed by atoms with Crippen LogP contribution in [-0.2, 0) is 11.3 Å². The van der Waals surface area contributed by atoms with Crippen molar-refractivity contribution in [1.29, 1.82) is 0 Å². The van der Waals surface area contributed by atoms with Crippen LogP contribution in [0.5, 0.6) is 0 Å². The molecule has 0 amide bonds. The van der Waals surface area contributed by atoms with E-state index in [4.69, 9.17) is 9.15 Å². The molecule has 3 heteroatoms. The molecule has 1 aliphatic heterocycles. The Labute approximate surface area is 97.2 Å². The van der Waals surface area contributed by atoms with Crippen molar-refractivity contribution in [2.45, 2.75) is 51.3 Å². The molecule has 0 radical (unpaired) electrons. The average molecular weight is 223 g/mol. The summed E-state index contributed by atoms with van der Waals surface area (Å²) in [7, 11) is 0. The Balaban J connectivity index is 1.81. The van der Waals surface area contributed by atoms with Crippen LogP contribution in [0.1, 0.15) is 38.9 Å². The van der Waals surface area contributed by atoms with Crippen molar-refractivity contribution in [3.8, 4) is 0 Å². The fourth-order valence-corrected chi connectivity index (χ4v) is 2.21. The third-order valence-electron chi connectivity index (χ3n) is 3.49. The number of rotatable bonds is 4. The molecule has 0 spiro atoms. The van der Waals surface area contributed by atoms with Crippen LogP contribution in [0.15, 0.2) is 22.8 Å². The highest BCUT2D eigenvalue weighted by atomic mass is 16.5. The molecule has 2 heterocycles. The Kier molecular flexibility index (Phi) is 3.66. The molecule has 0 aromatic carbocycles. The highest BCUT2D eigenvalue weighted by Crippen LogP contribution is 2.27. The number of hydrogen-bond donors (Lipinski definition) is 1. The summed E-state index contributed by atoms with van der Waals surface area (Å²) in [5.74, 6) is 1.00. The van der Waals surface area contributed by atoms with Gasteiger partial charge < -0.3 is 14.5 Å². The second-order valence-electron chi connectivity index (χ2n) is 4.80. The molecule has 1 N–H and O–H groups in total. The first kappa shape index (κ1) is 11.7. The van der Waals surface area contributed by atoms with Crippen LogP contribution in [0.25, 0.3) is 0 Å². The van der Waals surface area contributed by atoms with Gasteiger partial charge in [0.05, 0.1) is 18.4 Å². The zero-order valence-corrected chi connectivity index (χ0v) is 10.2. The minimum absolute atomic E-state index is 0.0546. The highest BCUT2D eigenvalue weighted by molar-refractivity contribution is 4.98. The van der Waals surface area contributed by atoms with E-state index in [2.05, 4.69) is 19.2 Å². The van der Waals surface area contributed by atoms with Crippen molar-refractivity contribution in [3.05, 3.63) is 24.2 Å². The quantitative estimate of drug-likeness (QED) is 0.852. The van der Waals surface area contributed by atoms with Gasteiger partial charge in [0.1, 0.15) is 5.76 Å². The third-order valence-corrected chi connectivity index (χ3v) is 3.49. The van der Waals surface area contributed by atoms with Crippen LogP contribution in [0.2, 0.25) is 0 Å². The molecule has 0 bridgehead atoms. The molecule has 90 valence electrons. The van der Waals surface area contributed by atoms with E-state index in [1.807, 2.05) is 12.1 Å². The second-order valence-corrected chi connectivity index (χ2v) is 4.80. The Morgan fingerprint density at radius 3 is 3.12 bits per heavy atom. The topological polar surface area (TPSA) is 34.4 Å². The molecular formula is C13H21NO2. The van der Waals surface area contributed by atoms with Crippen LogP contribution in [0, 0.1) is 0 Å². The summed E-state index contributed by atoms with van der Waals surface area (Å²) in [4.78, 5) is 0. The fourth-order valence-electron chi connectivity index (χ4n) is 2.21. The monoisotopic (exact) mass is 223 g/mol. The maximum Gasteiger partial charge on any atom is 0.117 e. The van der Waals surface area contributed by atoms with Crippen molar-refractivity contribution in [2.75, 3.05) is 6.61 Å². The number of nitrogens with one attached hydrogen (secondary N) is 1. The SMILES string of the molecule is CCC1(C)CC(NCc2ccco2)CCO1. The summed E-state index contributed by atoms with van der Waals surface area (Å²) in [5, 5.41) is 3.54. The summed E-state index contributed by atoms with van der Waals surface area (Å²) in [6.45, 7) is 6.07. The molecule has 0 saturated carbocycles. The summed E-state index contributed by atoms with van der Waals surface area (Å²) in [5.41, 5.74) is 0.0546. The Hall–Kier alpha value is -0.800. The fraction of sp³-hybridized carbons (Fsp3) is 0.692. The lowest BCUT2D eigenvalue weighted by atomic mass is 9.90. The molecule has 1 aromatic heterocycles. The van der Waals surface area contributed by atoms with Gasteiger partial charge in [0.25, 0.3) is 0 Å². The molecule has 1 aliphatic rings. The zero-order valence-electron chi connectivity index (χ0n) is 10.2. The van der Waals surface area contributed by atoms with Crippen LogP contribution in [0.3, 0.4) is 0 Å². The Bertz CT molecular complexity index is 310. The molecule has 16 heavy (non-hydrogen) atoms. The van der Waals surface area contributed by atoms with Gasteiger partial charge in [-0.25, -0.2) is 0 Å². The minimum Gasteiger partial charge on any atom is -0.468 e. The van der Waals surface area contributed by atoms with E-state index >= 15 is 0 Å². The lowest BCUT2D eigenvalue weighted by Crippen LogP contribution is -2.44. The standard InChI is InChI=1S/C13H21NO2/c1-3-13(2)9-11(6-8-16-13)14-10-12-5-4-7-15-12/h4-5,7,11,14H,3,6,8-10H2,1-2H3. The maximum atomic E-state index is 5.82. The van der Waals surface area contributed by atoms with Crippen LogP contribution in [0.4, 0.5) is 0 Å². The molecule has 0 aliphatic carbocycles. The minimum atomic E-state index is 0.0546. The lowest BCUT2D eigenvalue weighted by Gasteiger charge is -2.38. The van der Waals surface area contributed by atoms with Gasteiger partial charge in [0, 0.05) is 12.6 Å². The first-order valence-corrected chi connectivity index (χ1v) is 6.11. The van der Waals surface area contributed by atoms with Crippen LogP contribution >= 0.6 is 0 Å². The van der Waals surface area contributed by atoms with Gasteiger partial charge in [-0.15, -0.1) is 0 Å². The van der Waals surface area contributed by atoms with Gasteiger partial charge in [0.2, 0.25) is 0 Å².